The third kappa shape index (κ3) is 5.77. The van der Waals surface area contributed by atoms with Crippen LogP contribution >= 0.6 is 0 Å². The van der Waals surface area contributed by atoms with Crippen molar-refractivity contribution in [2.45, 2.75) is 25.8 Å². The van der Waals surface area contributed by atoms with E-state index in [0.717, 1.165) is 67.6 Å². The standard InChI is InChI=1S/C33H42N8O2/c1-5-43-30-20-23(33(42)41-18-16-40(17-19-41)24-12-14-37(2)15-13-24)10-11-26(30)36-31-21-28-29(22-35-31)39(4)32(34)25-8-6-7-9-27(25)38(28)3/h6-11,20-22,24,34H,5,12-19H2,1-4H3,(H,35,36). The smallest absolute Gasteiger partial charge is 0.254 e. The molecule has 2 aromatic carbocycles. The minimum atomic E-state index is 0.0458. The second kappa shape index (κ2) is 12.2. The zero-order valence-corrected chi connectivity index (χ0v) is 25.6. The quantitative estimate of drug-likeness (QED) is 0.435. The summed E-state index contributed by atoms with van der Waals surface area (Å²) in [6, 6.07) is 16.2. The van der Waals surface area contributed by atoms with Crippen LogP contribution in [0.4, 0.5) is 28.6 Å². The van der Waals surface area contributed by atoms with Crippen molar-refractivity contribution in [3.63, 3.8) is 0 Å². The number of fused-ring (bicyclic) bond motifs is 2. The zero-order chi connectivity index (χ0) is 30.1. The number of benzene rings is 2. The van der Waals surface area contributed by atoms with Gasteiger partial charge >= 0.3 is 0 Å². The fraction of sp³-hybridized carbons (Fsp3) is 0.424. The van der Waals surface area contributed by atoms with Crippen LogP contribution in [0.25, 0.3) is 0 Å². The van der Waals surface area contributed by atoms with Crippen LogP contribution in [0.3, 0.4) is 0 Å². The number of anilines is 5. The Labute approximate surface area is 254 Å². The third-order valence-electron chi connectivity index (χ3n) is 9.04. The van der Waals surface area contributed by atoms with Crippen LogP contribution in [0.5, 0.6) is 5.75 Å². The summed E-state index contributed by atoms with van der Waals surface area (Å²) in [5.74, 6) is 1.73. The highest BCUT2D eigenvalue weighted by atomic mass is 16.5. The number of para-hydroxylation sites is 1. The maximum Gasteiger partial charge on any atom is 0.254 e. The molecule has 0 spiro atoms. The molecule has 1 amide bonds. The van der Waals surface area contributed by atoms with Crippen molar-refractivity contribution in [2.24, 2.45) is 0 Å². The van der Waals surface area contributed by atoms with Crippen molar-refractivity contribution >= 4 is 40.3 Å². The maximum absolute atomic E-state index is 13.5. The molecule has 6 rings (SSSR count). The predicted molar refractivity (Wildman–Crippen MR) is 173 cm³/mol. The molecule has 4 heterocycles. The molecular formula is C33H42N8O2. The number of hydrogen-bond acceptors (Lipinski definition) is 8. The number of carbonyl (C=O) groups excluding carboxylic acids is 1. The van der Waals surface area contributed by atoms with Gasteiger partial charge < -0.3 is 29.7 Å². The lowest BCUT2D eigenvalue weighted by Gasteiger charge is -2.42. The van der Waals surface area contributed by atoms with Gasteiger partial charge in [0, 0.05) is 63.5 Å². The second-order valence-corrected chi connectivity index (χ2v) is 11.7. The molecule has 43 heavy (non-hydrogen) atoms. The average Bonchev–Trinajstić information content (AvgIpc) is 3.11. The first-order chi connectivity index (χ1) is 20.8. The molecule has 2 saturated heterocycles. The Morgan fingerprint density at radius 1 is 0.930 bits per heavy atom. The number of hydrogen-bond donors (Lipinski definition) is 2. The molecular weight excluding hydrogens is 540 g/mol. The molecule has 1 aromatic heterocycles. The molecule has 3 aliphatic rings. The highest BCUT2D eigenvalue weighted by Crippen LogP contribution is 2.40. The SMILES string of the molecule is CCOc1cc(C(=O)N2CCN(C3CCN(C)CC3)CC2)ccc1Nc1cc2c(cn1)N(C)C(=N)c1ccccc1N2C. The number of piperidine rings is 1. The van der Waals surface area contributed by atoms with E-state index >= 15 is 0 Å². The summed E-state index contributed by atoms with van der Waals surface area (Å²) in [5, 5.41) is 12.2. The van der Waals surface area contributed by atoms with Gasteiger partial charge in [0.2, 0.25) is 0 Å². The number of rotatable bonds is 6. The molecule has 226 valence electrons. The van der Waals surface area contributed by atoms with E-state index in [1.165, 1.54) is 12.8 Å². The van der Waals surface area contributed by atoms with Crippen LogP contribution in [0.2, 0.25) is 0 Å². The lowest BCUT2D eigenvalue weighted by atomic mass is 10.0. The van der Waals surface area contributed by atoms with Crippen molar-refractivity contribution in [3.05, 3.63) is 65.9 Å². The molecule has 0 saturated carbocycles. The number of likely N-dealkylation sites (tertiary alicyclic amines) is 1. The lowest BCUT2D eigenvalue weighted by molar-refractivity contribution is 0.0475. The van der Waals surface area contributed by atoms with Crippen LogP contribution in [0.15, 0.2) is 54.7 Å². The van der Waals surface area contributed by atoms with E-state index in [4.69, 9.17) is 10.1 Å². The molecule has 0 unspecified atom stereocenters. The molecule has 10 heteroatoms. The van der Waals surface area contributed by atoms with E-state index in [0.29, 0.717) is 35.6 Å². The first kappa shape index (κ1) is 28.9. The van der Waals surface area contributed by atoms with Gasteiger partial charge in [-0.15, -0.1) is 0 Å². The van der Waals surface area contributed by atoms with Gasteiger partial charge in [-0.2, -0.15) is 0 Å². The van der Waals surface area contributed by atoms with Gasteiger partial charge in [-0.1, -0.05) is 12.1 Å². The lowest BCUT2D eigenvalue weighted by Crippen LogP contribution is -2.54. The molecule has 0 atom stereocenters. The minimum absolute atomic E-state index is 0.0458. The first-order valence-corrected chi connectivity index (χ1v) is 15.2. The Morgan fingerprint density at radius 2 is 1.67 bits per heavy atom. The fourth-order valence-corrected chi connectivity index (χ4v) is 6.43. The number of nitrogens with zero attached hydrogens (tertiary/aromatic N) is 6. The van der Waals surface area contributed by atoms with E-state index in [9.17, 15) is 4.79 Å². The van der Waals surface area contributed by atoms with E-state index in [-0.39, 0.29) is 5.91 Å². The Balaban J connectivity index is 1.18. The fourth-order valence-electron chi connectivity index (χ4n) is 6.43. The number of amides is 1. The average molecular weight is 583 g/mol. The zero-order valence-electron chi connectivity index (χ0n) is 25.6. The third-order valence-corrected chi connectivity index (χ3v) is 9.04. The molecule has 10 nitrogen and oxygen atoms in total. The van der Waals surface area contributed by atoms with E-state index < -0.39 is 0 Å². The van der Waals surface area contributed by atoms with Crippen molar-refractivity contribution in [1.29, 1.82) is 5.41 Å². The number of piperazine rings is 1. The van der Waals surface area contributed by atoms with Crippen molar-refractivity contribution < 1.29 is 9.53 Å². The van der Waals surface area contributed by atoms with Crippen LogP contribution in [0.1, 0.15) is 35.7 Å². The molecule has 0 bridgehead atoms. The number of ether oxygens (including phenoxy) is 1. The van der Waals surface area contributed by atoms with Gasteiger partial charge in [-0.05, 0) is 70.2 Å². The van der Waals surface area contributed by atoms with Crippen LogP contribution < -0.4 is 19.9 Å². The van der Waals surface area contributed by atoms with Gasteiger partial charge in [-0.25, -0.2) is 4.98 Å². The van der Waals surface area contributed by atoms with Crippen LogP contribution in [-0.2, 0) is 0 Å². The van der Waals surface area contributed by atoms with Crippen LogP contribution in [0, 0.1) is 5.41 Å². The van der Waals surface area contributed by atoms with Crippen LogP contribution in [-0.4, -0.2) is 104 Å². The van der Waals surface area contributed by atoms with Crippen molar-refractivity contribution in [1.82, 2.24) is 19.7 Å². The number of aromatic nitrogens is 1. The van der Waals surface area contributed by atoms with Gasteiger partial charge in [0.25, 0.3) is 5.91 Å². The number of amidine groups is 1. The topological polar surface area (TPSA) is 91.3 Å². The molecule has 2 N–H and O–H groups in total. The van der Waals surface area contributed by atoms with Crippen molar-refractivity contribution in [3.8, 4) is 5.75 Å². The van der Waals surface area contributed by atoms with Gasteiger partial charge in [0.15, 0.2) is 0 Å². The van der Waals surface area contributed by atoms with E-state index in [1.54, 1.807) is 6.20 Å². The normalized spacial score (nSPS) is 18.2. The number of carbonyl (C=O) groups is 1. The van der Waals surface area contributed by atoms with E-state index in [1.807, 2.05) is 79.3 Å². The monoisotopic (exact) mass is 582 g/mol. The van der Waals surface area contributed by atoms with Gasteiger partial charge in [0.1, 0.15) is 17.4 Å². The second-order valence-electron chi connectivity index (χ2n) is 11.7. The Hall–Kier alpha value is -4.15. The molecule has 0 radical (unpaired) electrons. The maximum atomic E-state index is 13.5. The molecule has 3 aromatic rings. The molecule has 0 aliphatic carbocycles. The highest BCUT2D eigenvalue weighted by Gasteiger charge is 2.29. The number of nitrogens with one attached hydrogen (secondary N) is 2. The summed E-state index contributed by atoms with van der Waals surface area (Å²) in [6.07, 6.45) is 4.21. The number of pyridine rings is 1. The van der Waals surface area contributed by atoms with E-state index in [2.05, 4.69) is 32.0 Å². The summed E-state index contributed by atoms with van der Waals surface area (Å²) in [6.45, 7) is 8.07. The Bertz CT molecular complexity index is 1490. The van der Waals surface area contributed by atoms with Gasteiger partial charge in [-0.3, -0.25) is 15.1 Å². The highest BCUT2D eigenvalue weighted by molar-refractivity contribution is 6.15. The first-order valence-electron chi connectivity index (χ1n) is 15.2. The van der Waals surface area contributed by atoms with Crippen molar-refractivity contribution in [2.75, 3.05) is 82.1 Å². The largest absolute Gasteiger partial charge is 0.492 e. The summed E-state index contributed by atoms with van der Waals surface area (Å²) in [5.41, 5.74) is 4.97. The van der Waals surface area contributed by atoms with Gasteiger partial charge in [0.05, 0.1) is 35.6 Å². The summed E-state index contributed by atoms with van der Waals surface area (Å²) >= 11 is 0. The molecule has 2 fully saturated rings. The predicted octanol–water partition coefficient (Wildman–Crippen LogP) is 4.62. The Morgan fingerprint density at radius 3 is 2.42 bits per heavy atom. The summed E-state index contributed by atoms with van der Waals surface area (Å²) in [4.78, 5) is 29.1. The summed E-state index contributed by atoms with van der Waals surface area (Å²) in [7, 11) is 6.09. The minimum Gasteiger partial charge on any atom is -0.492 e. The Kier molecular flexibility index (Phi) is 8.23. The summed E-state index contributed by atoms with van der Waals surface area (Å²) < 4.78 is 6.00. The molecule has 3 aliphatic heterocycles.